The number of aliphatic carboxylic acids is 1. The molecular weight excluding hydrogens is 272 g/mol. The van der Waals surface area contributed by atoms with Gasteiger partial charge in [-0.2, -0.15) is 0 Å². The number of carboxylic acids is 1. The van der Waals surface area contributed by atoms with Crippen molar-refractivity contribution in [1.82, 2.24) is 4.90 Å². The Morgan fingerprint density at radius 1 is 1.48 bits per heavy atom. The lowest BCUT2D eigenvalue weighted by Crippen LogP contribution is -2.40. The van der Waals surface area contributed by atoms with Crippen LogP contribution in [0, 0.1) is 5.92 Å². The van der Waals surface area contributed by atoms with E-state index in [1.165, 1.54) is 7.11 Å². The minimum atomic E-state index is -0.824. The highest BCUT2D eigenvalue weighted by Crippen LogP contribution is 2.25. The predicted octanol–water partition coefficient (Wildman–Crippen LogP) is 1.60. The molecule has 3 N–H and O–H groups in total. The molecule has 1 aromatic carbocycles. The first-order chi connectivity index (χ1) is 10.0. The number of hydrogen-bond donors (Lipinski definition) is 2. The first kappa shape index (κ1) is 15.2. The average Bonchev–Trinajstić information content (AvgIpc) is 2.46. The van der Waals surface area contributed by atoms with Crippen LogP contribution in [-0.4, -0.2) is 42.1 Å². The van der Waals surface area contributed by atoms with Crippen molar-refractivity contribution in [2.75, 3.05) is 25.9 Å². The molecule has 114 valence electrons. The fourth-order valence-electron chi connectivity index (χ4n) is 2.68. The molecule has 2 rings (SSSR count). The summed E-state index contributed by atoms with van der Waals surface area (Å²) in [6, 6.07) is 4.97. The number of nitrogens with two attached hydrogens (primary N) is 1. The van der Waals surface area contributed by atoms with Gasteiger partial charge in [0.2, 0.25) is 0 Å². The number of benzene rings is 1. The molecule has 1 atom stereocenters. The number of methoxy groups -OCH3 is 1. The van der Waals surface area contributed by atoms with Gasteiger partial charge in [-0.25, -0.2) is 0 Å². The number of ether oxygens (including phenoxy) is 1. The molecule has 1 fully saturated rings. The summed E-state index contributed by atoms with van der Waals surface area (Å²) in [5, 5.41) is 8.88. The Labute approximate surface area is 123 Å². The molecule has 0 radical (unpaired) electrons. The third-order valence-electron chi connectivity index (χ3n) is 3.76. The lowest BCUT2D eigenvalue weighted by molar-refractivity contribution is -0.138. The zero-order chi connectivity index (χ0) is 15.4. The standard InChI is InChI=1S/C15H20N2O4/c1-21-11-4-5-13(16)12(8-11)15(20)17-6-2-3-10(9-17)7-14(18)19/h4-5,8,10H,2-3,6-7,9,16H2,1H3,(H,18,19). The van der Waals surface area contributed by atoms with E-state index in [-0.39, 0.29) is 18.2 Å². The fraction of sp³-hybridized carbons (Fsp3) is 0.467. The van der Waals surface area contributed by atoms with Crippen molar-refractivity contribution < 1.29 is 19.4 Å². The van der Waals surface area contributed by atoms with E-state index in [0.717, 1.165) is 12.8 Å². The molecular formula is C15H20N2O4. The number of carbonyl (C=O) groups is 2. The summed E-state index contributed by atoms with van der Waals surface area (Å²) >= 11 is 0. The van der Waals surface area contributed by atoms with Crippen LogP contribution in [0.1, 0.15) is 29.6 Å². The number of rotatable bonds is 4. The minimum Gasteiger partial charge on any atom is -0.497 e. The summed E-state index contributed by atoms with van der Waals surface area (Å²) in [5.74, 6) is -0.407. The van der Waals surface area contributed by atoms with Gasteiger partial charge in [0.15, 0.2) is 0 Å². The van der Waals surface area contributed by atoms with Crippen molar-refractivity contribution in [1.29, 1.82) is 0 Å². The van der Waals surface area contributed by atoms with Crippen LogP contribution < -0.4 is 10.5 Å². The molecule has 0 aliphatic carbocycles. The Morgan fingerprint density at radius 3 is 2.90 bits per heavy atom. The summed E-state index contributed by atoms with van der Waals surface area (Å²) in [6.07, 6.45) is 1.74. The lowest BCUT2D eigenvalue weighted by Gasteiger charge is -2.32. The molecule has 1 saturated heterocycles. The van der Waals surface area contributed by atoms with E-state index < -0.39 is 5.97 Å². The molecule has 0 bridgehead atoms. The van der Waals surface area contributed by atoms with Crippen molar-refractivity contribution >= 4 is 17.6 Å². The van der Waals surface area contributed by atoms with Gasteiger partial charge in [-0.05, 0) is 37.0 Å². The summed E-state index contributed by atoms with van der Waals surface area (Å²) in [4.78, 5) is 25.1. The Kier molecular flexibility index (Phi) is 4.67. The van der Waals surface area contributed by atoms with Crippen LogP contribution in [0.5, 0.6) is 5.75 Å². The van der Waals surface area contributed by atoms with Gasteiger partial charge >= 0.3 is 5.97 Å². The third-order valence-corrected chi connectivity index (χ3v) is 3.76. The van der Waals surface area contributed by atoms with Gasteiger partial charge < -0.3 is 20.5 Å². The van der Waals surface area contributed by atoms with E-state index in [4.69, 9.17) is 15.6 Å². The van der Waals surface area contributed by atoms with Crippen LogP contribution >= 0.6 is 0 Å². The summed E-state index contributed by atoms with van der Waals surface area (Å²) in [5.41, 5.74) is 6.68. The Balaban J connectivity index is 2.13. The van der Waals surface area contributed by atoms with E-state index in [2.05, 4.69) is 0 Å². The fourth-order valence-corrected chi connectivity index (χ4v) is 2.68. The van der Waals surface area contributed by atoms with E-state index in [1.54, 1.807) is 23.1 Å². The largest absolute Gasteiger partial charge is 0.497 e. The topological polar surface area (TPSA) is 92.9 Å². The second-order valence-corrected chi connectivity index (χ2v) is 5.31. The van der Waals surface area contributed by atoms with Gasteiger partial charge in [0.05, 0.1) is 12.7 Å². The quantitative estimate of drug-likeness (QED) is 0.822. The number of carboxylic acid groups (broad SMARTS) is 1. The lowest BCUT2D eigenvalue weighted by atomic mass is 9.94. The zero-order valence-electron chi connectivity index (χ0n) is 12.0. The Hall–Kier alpha value is -2.24. The SMILES string of the molecule is COc1ccc(N)c(C(=O)N2CCCC(CC(=O)O)C2)c1. The highest BCUT2D eigenvalue weighted by atomic mass is 16.5. The first-order valence-electron chi connectivity index (χ1n) is 6.96. The maximum Gasteiger partial charge on any atom is 0.303 e. The van der Waals surface area contributed by atoms with Crippen molar-refractivity contribution in [3.63, 3.8) is 0 Å². The van der Waals surface area contributed by atoms with Crippen LogP contribution in [-0.2, 0) is 4.79 Å². The van der Waals surface area contributed by atoms with E-state index in [9.17, 15) is 9.59 Å². The summed E-state index contributed by atoms with van der Waals surface area (Å²) < 4.78 is 5.12. The molecule has 6 heteroatoms. The number of carbonyl (C=O) groups excluding carboxylic acids is 1. The molecule has 6 nitrogen and oxygen atoms in total. The van der Waals surface area contributed by atoms with Crippen LogP contribution in [0.3, 0.4) is 0 Å². The Bertz CT molecular complexity index is 544. The van der Waals surface area contributed by atoms with Gasteiger partial charge in [-0.15, -0.1) is 0 Å². The number of anilines is 1. The molecule has 0 spiro atoms. The van der Waals surface area contributed by atoms with Gasteiger partial charge in [0.25, 0.3) is 5.91 Å². The number of piperidine rings is 1. The summed E-state index contributed by atoms with van der Waals surface area (Å²) in [6.45, 7) is 1.09. The highest BCUT2D eigenvalue weighted by Gasteiger charge is 2.27. The number of nitrogen functional groups attached to an aromatic ring is 1. The number of likely N-dealkylation sites (tertiary alicyclic amines) is 1. The highest BCUT2D eigenvalue weighted by molar-refractivity contribution is 5.99. The minimum absolute atomic E-state index is 0.00651. The molecule has 21 heavy (non-hydrogen) atoms. The normalized spacial score (nSPS) is 18.3. The number of amides is 1. The molecule has 0 saturated carbocycles. The molecule has 1 heterocycles. The number of hydrogen-bond acceptors (Lipinski definition) is 4. The zero-order valence-corrected chi connectivity index (χ0v) is 12.0. The first-order valence-corrected chi connectivity index (χ1v) is 6.96. The molecule has 1 unspecified atom stereocenters. The van der Waals surface area contributed by atoms with E-state index in [0.29, 0.717) is 30.1 Å². The predicted molar refractivity (Wildman–Crippen MR) is 78.3 cm³/mol. The second-order valence-electron chi connectivity index (χ2n) is 5.31. The van der Waals surface area contributed by atoms with Crippen LogP contribution in [0.25, 0.3) is 0 Å². The average molecular weight is 292 g/mol. The molecule has 1 aliphatic rings. The van der Waals surface area contributed by atoms with Gasteiger partial charge in [-0.1, -0.05) is 0 Å². The van der Waals surface area contributed by atoms with Gasteiger partial charge in [-0.3, -0.25) is 9.59 Å². The number of nitrogens with zero attached hydrogens (tertiary/aromatic N) is 1. The molecule has 1 amide bonds. The smallest absolute Gasteiger partial charge is 0.303 e. The van der Waals surface area contributed by atoms with Crippen LogP contribution in [0.15, 0.2) is 18.2 Å². The van der Waals surface area contributed by atoms with E-state index >= 15 is 0 Å². The second kappa shape index (κ2) is 6.47. The van der Waals surface area contributed by atoms with Crippen LogP contribution in [0.4, 0.5) is 5.69 Å². The monoisotopic (exact) mass is 292 g/mol. The van der Waals surface area contributed by atoms with Crippen molar-refractivity contribution in [2.45, 2.75) is 19.3 Å². The van der Waals surface area contributed by atoms with Crippen molar-refractivity contribution in [3.05, 3.63) is 23.8 Å². The maximum absolute atomic E-state index is 12.6. The van der Waals surface area contributed by atoms with Gasteiger partial charge in [0.1, 0.15) is 5.75 Å². The maximum atomic E-state index is 12.6. The van der Waals surface area contributed by atoms with Crippen LogP contribution in [0.2, 0.25) is 0 Å². The van der Waals surface area contributed by atoms with E-state index in [1.807, 2.05) is 0 Å². The summed E-state index contributed by atoms with van der Waals surface area (Å²) in [7, 11) is 1.53. The molecule has 1 aliphatic heterocycles. The van der Waals surface area contributed by atoms with Crippen molar-refractivity contribution in [3.8, 4) is 5.75 Å². The van der Waals surface area contributed by atoms with Crippen molar-refractivity contribution in [2.24, 2.45) is 5.92 Å². The molecule has 1 aromatic rings. The van der Waals surface area contributed by atoms with Gasteiger partial charge in [0, 0.05) is 25.2 Å². The molecule has 0 aromatic heterocycles. The Morgan fingerprint density at radius 2 is 2.24 bits per heavy atom. The third kappa shape index (κ3) is 3.65.